The summed E-state index contributed by atoms with van der Waals surface area (Å²) in [6.45, 7) is 10.6. The molecule has 19 heavy (non-hydrogen) atoms. The highest BCUT2D eigenvalue weighted by atomic mass is 16.7. The van der Waals surface area contributed by atoms with Crippen molar-refractivity contribution in [1.29, 1.82) is 0 Å². The van der Waals surface area contributed by atoms with Crippen LogP contribution in [0.15, 0.2) is 25.3 Å². The number of carbonyl (C=O) groups is 2. The largest absolute Gasteiger partial charge is 0.508 e. The van der Waals surface area contributed by atoms with E-state index in [1.54, 1.807) is 13.8 Å². The first-order valence-electron chi connectivity index (χ1n) is 5.72. The highest BCUT2D eigenvalue weighted by Crippen LogP contribution is 2.16. The zero-order valence-electron chi connectivity index (χ0n) is 11.3. The number of rotatable bonds is 8. The second kappa shape index (κ2) is 9.02. The maximum Gasteiger partial charge on any atom is 0.508 e. The van der Waals surface area contributed by atoms with E-state index < -0.39 is 17.7 Å². The molecule has 0 aliphatic rings. The molecule has 0 atom stereocenters. The summed E-state index contributed by atoms with van der Waals surface area (Å²) in [6, 6.07) is 0. The number of carbonyl (C=O) groups excluding carboxylic acids is 2. The molecule has 6 nitrogen and oxygen atoms in total. The highest BCUT2D eigenvalue weighted by Gasteiger charge is 2.23. The van der Waals surface area contributed by atoms with Gasteiger partial charge in [0.05, 0.1) is 0 Å². The first kappa shape index (κ1) is 17.0. The van der Waals surface area contributed by atoms with Crippen molar-refractivity contribution < 1.29 is 28.5 Å². The Morgan fingerprint density at radius 1 is 0.895 bits per heavy atom. The van der Waals surface area contributed by atoms with Gasteiger partial charge in [0.25, 0.3) is 0 Å². The van der Waals surface area contributed by atoms with Crippen LogP contribution in [0.3, 0.4) is 0 Å². The molecule has 0 spiro atoms. The van der Waals surface area contributed by atoms with Gasteiger partial charge in [-0.25, -0.2) is 9.59 Å². The second-order valence-electron chi connectivity index (χ2n) is 4.44. The molecule has 0 aliphatic carbocycles. The van der Waals surface area contributed by atoms with E-state index in [1.807, 2.05) is 0 Å². The van der Waals surface area contributed by atoms with Gasteiger partial charge in [0, 0.05) is 5.41 Å². The molecule has 0 rings (SSSR count). The van der Waals surface area contributed by atoms with E-state index in [0.717, 1.165) is 0 Å². The van der Waals surface area contributed by atoms with Gasteiger partial charge in [-0.05, 0) is 0 Å². The molecule has 0 heterocycles. The number of hydrogen-bond donors (Lipinski definition) is 0. The lowest BCUT2D eigenvalue weighted by Crippen LogP contribution is -2.29. The minimum Gasteiger partial charge on any atom is -0.434 e. The fourth-order valence-electron chi connectivity index (χ4n) is 0.888. The average Bonchev–Trinajstić information content (AvgIpc) is 2.38. The van der Waals surface area contributed by atoms with E-state index in [1.165, 1.54) is 12.2 Å². The fraction of sp³-hybridized carbons (Fsp3) is 0.538. The summed E-state index contributed by atoms with van der Waals surface area (Å²) in [5, 5.41) is 0. The van der Waals surface area contributed by atoms with E-state index in [2.05, 4.69) is 22.6 Å². The topological polar surface area (TPSA) is 71.1 Å². The first-order valence-corrected chi connectivity index (χ1v) is 5.72. The average molecular weight is 272 g/mol. The van der Waals surface area contributed by atoms with Crippen molar-refractivity contribution in [2.24, 2.45) is 5.41 Å². The molecule has 0 aliphatic heterocycles. The summed E-state index contributed by atoms with van der Waals surface area (Å²) in [7, 11) is 0. The molecular weight excluding hydrogens is 252 g/mol. The van der Waals surface area contributed by atoms with Crippen molar-refractivity contribution in [3.8, 4) is 0 Å². The van der Waals surface area contributed by atoms with Crippen LogP contribution in [-0.4, -0.2) is 38.7 Å². The van der Waals surface area contributed by atoms with Crippen molar-refractivity contribution in [3.05, 3.63) is 25.3 Å². The van der Waals surface area contributed by atoms with Crippen molar-refractivity contribution in [3.63, 3.8) is 0 Å². The lowest BCUT2D eigenvalue weighted by molar-refractivity contribution is -0.00281. The molecule has 0 unspecified atom stereocenters. The van der Waals surface area contributed by atoms with Crippen molar-refractivity contribution in [2.75, 3.05) is 26.4 Å². The van der Waals surface area contributed by atoms with Crippen LogP contribution in [0.4, 0.5) is 9.59 Å². The van der Waals surface area contributed by atoms with Crippen molar-refractivity contribution in [1.82, 2.24) is 0 Å². The maximum absolute atomic E-state index is 11.1. The van der Waals surface area contributed by atoms with Gasteiger partial charge in [-0.1, -0.05) is 39.2 Å². The van der Waals surface area contributed by atoms with Crippen LogP contribution in [0.25, 0.3) is 0 Å². The molecule has 6 heteroatoms. The molecular formula is C13H20O6. The quantitative estimate of drug-likeness (QED) is 0.499. The van der Waals surface area contributed by atoms with Crippen LogP contribution in [0.2, 0.25) is 0 Å². The summed E-state index contributed by atoms with van der Waals surface area (Å²) in [6.07, 6.45) is 1.29. The van der Waals surface area contributed by atoms with Crippen LogP contribution in [-0.2, 0) is 18.9 Å². The molecule has 0 aromatic carbocycles. The zero-order chi connectivity index (χ0) is 14.7. The van der Waals surface area contributed by atoms with Crippen molar-refractivity contribution >= 4 is 12.3 Å². The molecule has 0 aromatic rings. The molecule has 0 fully saturated rings. The highest BCUT2D eigenvalue weighted by molar-refractivity contribution is 5.60. The normalized spacial score (nSPS) is 10.2. The summed E-state index contributed by atoms with van der Waals surface area (Å²) in [5.41, 5.74) is -0.541. The van der Waals surface area contributed by atoms with Crippen LogP contribution in [0.1, 0.15) is 13.8 Å². The smallest absolute Gasteiger partial charge is 0.434 e. The number of hydrogen-bond acceptors (Lipinski definition) is 6. The van der Waals surface area contributed by atoms with Gasteiger partial charge in [0.15, 0.2) is 0 Å². The first-order chi connectivity index (χ1) is 8.91. The predicted molar refractivity (Wildman–Crippen MR) is 68.8 cm³/mol. The van der Waals surface area contributed by atoms with Gasteiger partial charge in [-0.2, -0.15) is 0 Å². The summed E-state index contributed by atoms with van der Waals surface area (Å²) in [5.74, 6) is 0. The Morgan fingerprint density at radius 2 is 1.26 bits per heavy atom. The zero-order valence-corrected chi connectivity index (χ0v) is 11.3. The lowest BCUT2D eigenvalue weighted by Gasteiger charge is -2.22. The third-order valence-corrected chi connectivity index (χ3v) is 1.80. The van der Waals surface area contributed by atoms with Crippen molar-refractivity contribution in [2.45, 2.75) is 13.8 Å². The van der Waals surface area contributed by atoms with Crippen LogP contribution < -0.4 is 0 Å². The summed E-state index contributed by atoms with van der Waals surface area (Å²) >= 11 is 0. The minimum atomic E-state index is -0.790. The van der Waals surface area contributed by atoms with Gasteiger partial charge in [0.2, 0.25) is 0 Å². The molecule has 108 valence electrons. The van der Waals surface area contributed by atoms with Gasteiger partial charge in [-0.3, -0.25) is 0 Å². The predicted octanol–water partition coefficient (Wildman–Crippen LogP) is 2.69. The minimum absolute atomic E-state index is 0.0533. The SMILES string of the molecule is C=CCOC(=O)OCC(C)(C)COC(=O)OCC=C. The maximum atomic E-state index is 11.1. The van der Waals surface area contributed by atoms with Gasteiger partial charge < -0.3 is 18.9 Å². The third kappa shape index (κ3) is 9.70. The van der Waals surface area contributed by atoms with E-state index in [0.29, 0.717) is 0 Å². The Balaban J connectivity index is 3.90. The Morgan fingerprint density at radius 3 is 1.58 bits per heavy atom. The third-order valence-electron chi connectivity index (χ3n) is 1.80. The molecule has 0 aromatic heterocycles. The van der Waals surface area contributed by atoms with E-state index in [9.17, 15) is 9.59 Å². The van der Waals surface area contributed by atoms with E-state index in [4.69, 9.17) is 9.47 Å². The van der Waals surface area contributed by atoms with E-state index >= 15 is 0 Å². The van der Waals surface area contributed by atoms with Crippen LogP contribution >= 0.6 is 0 Å². The van der Waals surface area contributed by atoms with Crippen LogP contribution in [0, 0.1) is 5.41 Å². The standard InChI is InChI=1S/C13H20O6/c1-5-7-16-11(14)18-9-13(3,4)10-19-12(15)17-8-6-2/h5-6H,1-2,7-10H2,3-4H3. The molecule has 0 radical (unpaired) electrons. The Labute approximate surface area is 113 Å². The van der Waals surface area contributed by atoms with Gasteiger partial charge >= 0.3 is 12.3 Å². The summed E-state index contributed by atoms with van der Waals surface area (Å²) in [4.78, 5) is 22.2. The summed E-state index contributed by atoms with van der Waals surface area (Å²) < 4.78 is 19.0. The monoisotopic (exact) mass is 272 g/mol. The van der Waals surface area contributed by atoms with Gasteiger partial charge in [-0.15, -0.1) is 0 Å². The van der Waals surface area contributed by atoms with E-state index in [-0.39, 0.29) is 26.4 Å². The molecule has 0 amide bonds. The Bertz CT molecular complexity index is 291. The second-order valence-corrected chi connectivity index (χ2v) is 4.44. The Hall–Kier alpha value is -1.98. The molecule has 0 saturated carbocycles. The van der Waals surface area contributed by atoms with Crippen LogP contribution in [0.5, 0.6) is 0 Å². The fourth-order valence-corrected chi connectivity index (χ4v) is 0.888. The van der Waals surface area contributed by atoms with Gasteiger partial charge in [0.1, 0.15) is 26.4 Å². The Kier molecular flexibility index (Phi) is 8.08. The lowest BCUT2D eigenvalue weighted by atomic mass is 9.96. The molecule has 0 bridgehead atoms. The molecule has 0 saturated heterocycles. The number of ether oxygens (including phenoxy) is 4. The molecule has 0 N–H and O–H groups in total.